The molecule has 1 aliphatic heterocycles. The molecule has 2 bridgehead atoms. The average Bonchev–Trinajstić information content (AvgIpc) is 3.50. The van der Waals surface area contributed by atoms with E-state index in [1.54, 1.807) is 17.5 Å². The van der Waals surface area contributed by atoms with Gasteiger partial charge in [-0.2, -0.15) is 10.4 Å². The molecule has 8 nitrogen and oxygen atoms in total. The summed E-state index contributed by atoms with van der Waals surface area (Å²) < 4.78 is 1.82. The summed E-state index contributed by atoms with van der Waals surface area (Å²) in [4.78, 5) is 7.23. The summed E-state index contributed by atoms with van der Waals surface area (Å²) >= 11 is 1.66. The van der Waals surface area contributed by atoms with Gasteiger partial charge in [0.2, 0.25) is 5.13 Å². The van der Waals surface area contributed by atoms with Gasteiger partial charge in [0.25, 0.3) is 0 Å². The van der Waals surface area contributed by atoms with Crippen LogP contribution < -0.4 is 10.2 Å². The third-order valence-corrected chi connectivity index (χ3v) is 8.02. The topological polar surface area (TPSA) is 95.0 Å². The molecule has 35 heavy (non-hydrogen) atoms. The van der Waals surface area contributed by atoms with E-state index in [2.05, 4.69) is 51.5 Å². The largest absolute Gasteiger partial charge is 0.382 e. The first-order chi connectivity index (χ1) is 17.1. The van der Waals surface area contributed by atoms with Crippen LogP contribution in [0.3, 0.4) is 0 Å². The van der Waals surface area contributed by atoms with Crippen molar-refractivity contribution in [1.82, 2.24) is 24.8 Å². The predicted molar refractivity (Wildman–Crippen MR) is 138 cm³/mol. The quantitative estimate of drug-likeness (QED) is 0.414. The lowest BCUT2D eigenvalue weighted by atomic mass is 9.78. The Morgan fingerprint density at radius 3 is 2.71 bits per heavy atom. The molecule has 9 heteroatoms. The van der Waals surface area contributed by atoms with Crippen LogP contribution in [0, 0.1) is 23.2 Å². The zero-order chi connectivity index (χ0) is 23.9. The molecule has 1 saturated heterocycles. The van der Waals surface area contributed by atoms with Crippen molar-refractivity contribution in [2.24, 2.45) is 11.8 Å². The summed E-state index contributed by atoms with van der Waals surface area (Å²) in [6.45, 7) is 6.45. The Kier molecular flexibility index (Phi) is 5.61. The molecule has 1 aliphatic carbocycles. The van der Waals surface area contributed by atoms with Crippen molar-refractivity contribution in [3.05, 3.63) is 42.2 Å². The number of rotatable bonds is 5. The number of piperidine rings is 1. The van der Waals surface area contributed by atoms with E-state index in [4.69, 9.17) is 4.98 Å². The lowest BCUT2D eigenvalue weighted by Gasteiger charge is -2.41. The van der Waals surface area contributed by atoms with Crippen molar-refractivity contribution in [2.45, 2.75) is 45.6 Å². The van der Waals surface area contributed by atoms with Crippen molar-refractivity contribution >= 4 is 27.7 Å². The molecule has 1 N–H and O–H groups in total. The Balaban J connectivity index is 1.34. The van der Waals surface area contributed by atoms with Gasteiger partial charge < -0.3 is 10.2 Å². The Morgan fingerprint density at radius 1 is 1.11 bits per heavy atom. The molecule has 0 radical (unpaired) electrons. The lowest BCUT2D eigenvalue weighted by Crippen LogP contribution is -2.42. The van der Waals surface area contributed by atoms with E-state index >= 15 is 0 Å². The monoisotopic (exact) mass is 484 g/mol. The Labute approximate surface area is 208 Å². The Morgan fingerprint density at radius 2 is 1.94 bits per heavy atom. The van der Waals surface area contributed by atoms with Crippen LogP contribution in [0.25, 0.3) is 27.5 Å². The maximum absolute atomic E-state index is 9.17. The summed E-state index contributed by atoms with van der Waals surface area (Å²) in [6.07, 6.45) is 8.89. The number of nitrogens with one attached hydrogen (secondary N) is 1. The van der Waals surface area contributed by atoms with Crippen LogP contribution in [0.15, 0.2) is 36.7 Å². The first-order valence-electron chi connectivity index (χ1n) is 12.3. The highest BCUT2D eigenvalue weighted by molar-refractivity contribution is 7.18. The van der Waals surface area contributed by atoms with Crippen LogP contribution in [0.2, 0.25) is 0 Å². The van der Waals surface area contributed by atoms with E-state index in [1.165, 1.54) is 25.7 Å². The third-order valence-electron chi connectivity index (χ3n) is 7.00. The summed E-state index contributed by atoms with van der Waals surface area (Å²) in [5.74, 6) is 1.59. The zero-order valence-corrected chi connectivity index (χ0v) is 20.8. The van der Waals surface area contributed by atoms with Gasteiger partial charge in [-0.05, 0) is 69.2 Å². The van der Waals surface area contributed by atoms with E-state index < -0.39 is 0 Å². The van der Waals surface area contributed by atoms with Crippen LogP contribution in [-0.2, 0) is 0 Å². The van der Waals surface area contributed by atoms with E-state index in [1.807, 2.05) is 28.9 Å². The molecule has 2 fully saturated rings. The van der Waals surface area contributed by atoms with Gasteiger partial charge in [-0.3, -0.25) is 4.98 Å². The molecule has 5 heterocycles. The van der Waals surface area contributed by atoms with Gasteiger partial charge >= 0.3 is 0 Å². The van der Waals surface area contributed by atoms with Crippen LogP contribution in [0.4, 0.5) is 10.8 Å². The van der Waals surface area contributed by atoms with E-state index in [-0.39, 0.29) is 6.04 Å². The molecular formula is C26H28N8S. The second-order valence-electron chi connectivity index (χ2n) is 10.0. The Hall–Kier alpha value is -3.51. The number of nitrogens with zero attached hydrogens (tertiary/aromatic N) is 7. The first kappa shape index (κ1) is 22.0. The number of pyridine rings is 1. The summed E-state index contributed by atoms with van der Waals surface area (Å²) in [7, 11) is 0. The molecule has 2 atom stereocenters. The van der Waals surface area contributed by atoms with Crippen molar-refractivity contribution < 1.29 is 0 Å². The fourth-order valence-electron chi connectivity index (χ4n) is 5.49. The van der Waals surface area contributed by atoms with Gasteiger partial charge in [-0.15, -0.1) is 10.2 Å². The molecule has 2 aliphatic rings. The minimum Gasteiger partial charge on any atom is -0.382 e. The third kappa shape index (κ3) is 4.23. The minimum atomic E-state index is 0.248. The molecule has 2 unspecified atom stereocenters. The van der Waals surface area contributed by atoms with Crippen LogP contribution in [0.1, 0.15) is 45.1 Å². The van der Waals surface area contributed by atoms with E-state index in [9.17, 15) is 5.26 Å². The molecule has 0 aromatic carbocycles. The number of hydrogen-bond donors (Lipinski definition) is 1. The number of hydrogen-bond acceptors (Lipinski definition) is 8. The van der Waals surface area contributed by atoms with Crippen LogP contribution >= 0.6 is 11.3 Å². The predicted octanol–water partition coefficient (Wildman–Crippen LogP) is 5.23. The van der Waals surface area contributed by atoms with Crippen molar-refractivity contribution in [3.8, 4) is 28.0 Å². The van der Waals surface area contributed by atoms with Crippen LogP contribution in [-0.4, -0.2) is 43.9 Å². The number of fused-ring (bicyclic) bond motifs is 3. The SMILES string of the molecule is CC(C)Nc1cc(-c2ccc3cc(C#N)cnn23)ncc1-c1nnc(N2CC3CCCC(C3)C2)s1. The summed E-state index contributed by atoms with van der Waals surface area (Å²) in [5.41, 5.74) is 5.03. The fraction of sp³-hybridized carbons (Fsp3) is 0.423. The Bertz CT molecular complexity index is 1400. The summed E-state index contributed by atoms with van der Waals surface area (Å²) in [6, 6.07) is 10.2. The molecule has 1 saturated carbocycles. The standard InChI is InChI=1S/C26H28N8S/c1-16(2)30-22-10-23(24-7-6-20-9-19(11-27)12-29-34(20)24)28-13-21(22)25-31-32-26(35-25)33-14-17-4-3-5-18(8-17)15-33/h6-7,9-10,12-13,16-18H,3-5,8,14-15H2,1-2H3,(H,28,30). The number of aromatic nitrogens is 5. The maximum atomic E-state index is 9.17. The van der Waals surface area contributed by atoms with Gasteiger partial charge in [0, 0.05) is 31.0 Å². The number of nitriles is 1. The second kappa shape index (κ2) is 8.93. The molecule has 4 aromatic heterocycles. The molecule has 178 valence electrons. The molecule has 6 rings (SSSR count). The molecule has 4 aromatic rings. The van der Waals surface area contributed by atoms with Gasteiger partial charge in [0.1, 0.15) is 6.07 Å². The van der Waals surface area contributed by atoms with Crippen molar-refractivity contribution in [3.63, 3.8) is 0 Å². The van der Waals surface area contributed by atoms with Gasteiger partial charge in [-0.25, -0.2) is 4.52 Å². The highest BCUT2D eigenvalue weighted by Gasteiger charge is 2.32. The van der Waals surface area contributed by atoms with E-state index in [0.29, 0.717) is 5.56 Å². The van der Waals surface area contributed by atoms with Crippen molar-refractivity contribution in [2.75, 3.05) is 23.3 Å². The lowest BCUT2D eigenvalue weighted by molar-refractivity contribution is 0.231. The minimum absolute atomic E-state index is 0.248. The van der Waals surface area contributed by atoms with Gasteiger partial charge in [-0.1, -0.05) is 17.8 Å². The highest BCUT2D eigenvalue weighted by atomic mass is 32.1. The summed E-state index contributed by atoms with van der Waals surface area (Å²) in [5, 5.41) is 28.3. The fourth-order valence-corrected chi connectivity index (χ4v) is 6.38. The van der Waals surface area contributed by atoms with Crippen LogP contribution in [0.5, 0.6) is 0 Å². The molecule has 0 spiro atoms. The average molecular weight is 485 g/mol. The smallest absolute Gasteiger partial charge is 0.208 e. The van der Waals surface area contributed by atoms with Crippen molar-refractivity contribution in [1.29, 1.82) is 5.26 Å². The highest BCUT2D eigenvalue weighted by Crippen LogP contribution is 2.40. The molecule has 0 amide bonds. The second-order valence-corrected chi connectivity index (χ2v) is 11.0. The first-order valence-corrected chi connectivity index (χ1v) is 13.1. The maximum Gasteiger partial charge on any atom is 0.208 e. The van der Waals surface area contributed by atoms with Gasteiger partial charge in [0.15, 0.2) is 5.01 Å². The zero-order valence-electron chi connectivity index (χ0n) is 20.0. The number of anilines is 2. The van der Waals surface area contributed by atoms with Gasteiger partial charge in [0.05, 0.1) is 34.2 Å². The molecular weight excluding hydrogens is 456 g/mol. The van der Waals surface area contributed by atoms with E-state index in [0.717, 1.165) is 63.2 Å². The normalized spacial score (nSPS) is 19.8.